The van der Waals surface area contributed by atoms with Crippen molar-refractivity contribution in [2.24, 2.45) is 0 Å². The average molecular weight is 419 g/mol. The van der Waals surface area contributed by atoms with Gasteiger partial charge in [0.1, 0.15) is 0 Å². The van der Waals surface area contributed by atoms with Crippen molar-refractivity contribution in [2.45, 2.75) is 33.1 Å². The first-order chi connectivity index (χ1) is 14.0. The van der Waals surface area contributed by atoms with E-state index in [0.29, 0.717) is 41.0 Å². The van der Waals surface area contributed by atoms with E-state index in [1.807, 2.05) is 13.8 Å². The van der Waals surface area contributed by atoms with Crippen LogP contribution in [0.15, 0.2) is 42.5 Å². The molecule has 2 N–H and O–H groups in total. The number of hydrogen-bond donors (Lipinski definition) is 2. The van der Waals surface area contributed by atoms with Crippen LogP contribution in [0.5, 0.6) is 11.5 Å². The Kier molecular flexibility index (Phi) is 9.31. The largest absolute Gasteiger partial charge is 0.490 e. The number of ether oxygens (including phenoxy) is 2. The van der Waals surface area contributed by atoms with Crippen molar-refractivity contribution < 1.29 is 19.1 Å². The monoisotopic (exact) mass is 418 g/mol. The van der Waals surface area contributed by atoms with E-state index in [0.717, 1.165) is 12.8 Å². The highest BCUT2D eigenvalue weighted by atomic mass is 35.5. The van der Waals surface area contributed by atoms with Gasteiger partial charge in [-0.1, -0.05) is 37.6 Å². The Morgan fingerprint density at radius 1 is 0.966 bits per heavy atom. The molecule has 7 heteroatoms. The SMILES string of the molecule is CCCOc1ccc(NC(=O)CCNC(=O)c2ccccc2Cl)cc1OCCC. The summed E-state index contributed by atoms with van der Waals surface area (Å²) in [6, 6.07) is 12.1. The maximum atomic E-state index is 12.2. The number of anilines is 1. The lowest BCUT2D eigenvalue weighted by Crippen LogP contribution is -2.27. The van der Waals surface area contributed by atoms with E-state index in [1.54, 1.807) is 42.5 Å². The van der Waals surface area contributed by atoms with Gasteiger partial charge in [-0.2, -0.15) is 0 Å². The van der Waals surface area contributed by atoms with Gasteiger partial charge in [-0.3, -0.25) is 9.59 Å². The molecule has 0 heterocycles. The van der Waals surface area contributed by atoms with Gasteiger partial charge >= 0.3 is 0 Å². The summed E-state index contributed by atoms with van der Waals surface area (Å²) in [6.07, 6.45) is 1.90. The Morgan fingerprint density at radius 2 is 1.66 bits per heavy atom. The van der Waals surface area contributed by atoms with Crippen LogP contribution in [0.2, 0.25) is 5.02 Å². The molecule has 6 nitrogen and oxygen atoms in total. The zero-order chi connectivity index (χ0) is 21.1. The maximum absolute atomic E-state index is 12.2. The summed E-state index contributed by atoms with van der Waals surface area (Å²) in [4.78, 5) is 24.3. The fourth-order valence-corrected chi connectivity index (χ4v) is 2.72. The van der Waals surface area contributed by atoms with Crippen LogP contribution >= 0.6 is 11.6 Å². The first-order valence-corrected chi connectivity index (χ1v) is 10.1. The van der Waals surface area contributed by atoms with Crippen molar-refractivity contribution in [1.82, 2.24) is 5.32 Å². The molecule has 0 unspecified atom stereocenters. The van der Waals surface area contributed by atoms with E-state index in [9.17, 15) is 9.59 Å². The highest BCUT2D eigenvalue weighted by Crippen LogP contribution is 2.31. The Hall–Kier alpha value is -2.73. The number of halogens is 1. The number of carbonyl (C=O) groups excluding carboxylic acids is 2. The van der Waals surface area contributed by atoms with Gasteiger partial charge in [0.2, 0.25) is 5.91 Å². The number of benzene rings is 2. The minimum atomic E-state index is -0.309. The predicted molar refractivity (Wildman–Crippen MR) is 115 cm³/mol. The molecule has 0 saturated heterocycles. The number of amides is 2. The summed E-state index contributed by atoms with van der Waals surface area (Å²) in [6.45, 7) is 5.42. The van der Waals surface area contributed by atoms with Crippen LogP contribution in [0.3, 0.4) is 0 Å². The molecule has 0 atom stereocenters. The molecule has 0 spiro atoms. The Balaban J connectivity index is 1.89. The van der Waals surface area contributed by atoms with Crippen LogP contribution in [0, 0.1) is 0 Å². The molecule has 0 aliphatic heterocycles. The Labute approximate surface area is 176 Å². The first-order valence-electron chi connectivity index (χ1n) is 9.77. The number of carbonyl (C=O) groups is 2. The van der Waals surface area contributed by atoms with Gasteiger partial charge in [-0.25, -0.2) is 0 Å². The quantitative estimate of drug-likeness (QED) is 0.555. The lowest BCUT2D eigenvalue weighted by Gasteiger charge is -2.14. The second-order valence-corrected chi connectivity index (χ2v) is 6.80. The Bertz CT molecular complexity index is 826. The van der Waals surface area contributed by atoms with Gasteiger partial charge in [-0.15, -0.1) is 0 Å². The van der Waals surface area contributed by atoms with E-state index in [1.165, 1.54) is 0 Å². The summed E-state index contributed by atoms with van der Waals surface area (Å²) >= 11 is 6.00. The molecule has 0 fully saturated rings. The van der Waals surface area contributed by atoms with Crippen molar-refractivity contribution in [1.29, 1.82) is 0 Å². The standard InChI is InChI=1S/C22H27ClN2O4/c1-3-13-28-19-10-9-16(15-20(19)29-14-4-2)25-21(26)11-12-24-22(27)17-7-5-6-8-18(17)23/h5-10,15H,3-4,11-14H2,1-2H3,(H,24,27)(H,25,26). The third-order valence-electron chi connectivity index (χ3n) is 3.91. The van der Waals surface area contributed by atoms with Crippen LogP contribution in [-0.2, 0) is 4.79 Å². The van der Waals surface area contributed by atoms with Crippen molar-refractivity contribution in [3.05, 3.63) is 53.1 Å². The van der Waals surface area contributed by atoms with Gasteiger partial charge in [0, 0.05) is 24.7 Å². The number of nitrogens with one attached hydrogen (secondary N) is 2. The van der Waals surface area contributed by atoms with E-state index < -0.39 is 0 Å². The van der Waals surface area contributed by atoms with Gasteiger partial charge in [-0.05, 0) is 37.1 Å². The molecule has 2 aromatic carbocycles. The zero-order valence-corrected chi connectivity index (χ0v) is 17.6. The third-order valence-corrected chi connectivity index (χ3v) is 4.24. The second kappa shape index (κ2) is 12.0. The summed E-state index contributed by atoms with van der Waals surface area (Å²) < 4.78 is 11.4. The molecule has 0 aromatic heterocycles. The Morgan fingerprint density at radius 3 is 2.34 bits per heavy atom. The summed E-state index contributed by atoms with van der Waals surface area (Å²) in [7, 11) is 0. The minimum Gasteiger partial charge on any atom is -0.490 e. The van der Waals surface area contributed by atoms with Gasteiger partial charge in [0.05, 0.1) is 23.8 Å². The highest BCUT2D eigenvalue weighted by molar-refractivity contribution is 6.33. The molecule has 0 radical (unpaired) electrons. The number of rotatable bonds is 11. The zero-order valence-electron chi connectivity index (χ0n) is 16.8. The van der Waals surface area contributed by atoms with Crippen molar-refractivity contribution in [3.8, 4) is 11.5 Å². The molecule has 0 saturated carbocycles. The van der Waals surface area contributed by atoms with E-state index in [2.05, 4.69) is 10.6 Å². The van der Waals surface area contributed by atoms with Crippen molar-refractivity contribution in [2.75, 3.05) is 25.1 Å². The fourth-order valence-electron chi connectivity index (χ4n) is 2.50. The van der Waals surface area contributed by atoms with Crippen LogP contribution in [0.1, 0.15) is 43.5 Å². The summed E-state index contributed by atoms with van der Waals surface area (Å²) in [5.74, 6) is 0.736. The molecule has 0 aliphatic rings. The predicted octanol–water partition coefficient (Wildman–Crippen LogP) is 4.68. The second-order valence-electron chi connectivity index (χ2n) is 6.39. The fraction of sp³-hybridized carbons (Fsp3) is 0.364. The summed E-state index contributed by atoms with van der Waals surface area (Å²) in [5.41, 5.74) is 0.998. The normalized spacial score (nSPS) is 10.3. The minimum absolute atomic E-state index is 0.134. The highest BCUT2D eigenvalue weighted by Gasteiger charge is 2.11. The topological polar surface area (TPSA) is 76.7 Å². The maximum Gasteiger partial charge on any atom is 0.252 e. The average Bonchev–Trinajstić information content (AvgIpc) is 2.71. The molecule has 0 aliphatic carbocycles. The molecular weight excluding hydrogens is 392 g/mol. The van der Waals surface area contributed by atoms with E-state index in [-0.39, 0.29) is 24.8 Å². The van der Waals surface area contributed by atoms with E-state index in [4.69, 9.17) is 21.1 Å². The summed E-state index contributed by atoms with van der Waals surface area (Å²) in [5, 5.41) is 5.89. The van der Waals surface area contributed by atoms with Gasteiger partial charge in [0.15, 0.2) is 11.5 Å². The van der Waals surface area contributed by atoms with Crippen LogP contribution in [-0.4, -0.2) is 31.6 Å². The molecule has 156 valence electrons. The lowest BCUT2D eigenvalue weighted by atomic mass is 10.2. The van der Waals surface area contributed by atoms with Gasteiger partial charge in [0.25, 0.3) is 5.91 Å². The molecule has 2 rings (SSSR count). The molecular formula is C22H27ClN2O4. The lowest BCUT2D eigenvalue weighted by molar-refractivity contribution is -0.116. The molecule has 2 amide bonds. The first kappa shape index (κ1) is 22.6. The van der Waals surface area contributed by atoms with Crippen molar-refractivity contribution in [3.63, 3.8) is 0 Å². The van der Waals surface area contributed by atoms with Crippen LogP contribution < -0.4 is 20.1 Å². The molecule has 2 aromatic rings. The molecule has 29 heavy (non-hydrogen) atoms. The molecule has 0 bridgehead atoms. The van der Waals surface area contributed by atoms with Crippen LogP contribution in [0.25, 0.3) is 0 Å². The van der Waals surface area contributed by atoms with E-state index >= 15 is 0 Å². The van der Waals surface area contributed by atoms with Gasteiger partial charge < -0.3 is 20.1 Å². The smallest absolute Gasteiger partial charge is 0.252 e. The third kappa shape index (κ3) is 7.31. The van der Waals surface area contributed by atoms with Crippen LogP contribution in [0.4, 0.5) is 5.69 Å². The number of hydrogen-bond acceptors (Lipinski definition) is 4. The van der Waals surface area contributed by atoms with Crippen molar-refractivity contribution >= 4 is 29.1 Å².